The third kappa shape index (κ3) is 3.98. The minimum absolute atomic E-state index is 0.0291. The zero-order valence-corrected chi connectivity index (χ0v) is 13.2. The Kier molecular flexibility index (Phi) is 6.29. The summed E-state index contributed by atoms with van der Waals surface area (Å²) in [5.74, 6) is 0. The summed E-state index contributed by atoms with van der Waals surface area (Å²) in [6.07, 6.45) is -3.13. The predicted octanol–water partition coefficient (Wildman–Crippen LogP) is 0.603. The molecule has 1 heterocycles. The van der Waals surface area contributed by atoms with Crippen LogP contribution in [-0.4, -0.2) is 59.2 Å². The third-order valence-electron chi connectivity index (χ3n) is 4.00. The Labute approximate surface area is 135 Å². The van der Waals surface area contributed by atoms with Crippen LogP contribution in [0.5, 0.6) is 0 Å². The van der Waals surface area contributed by atoms with Crippen LogP contribution in [0.2, 0.25) is 0 Å². The predicted molar refractivity (Wildman–Crippen MR) is 83.5 cm³/mol. The maximum absolute atomic E-state index is 10.5. The molecule has 0 bridgehead atoms. The Hall–Kier alpha value is -1.28. The number of ether oxygens (including phenoxy) is 3. The molecule has 1 aromatic carbocycles. The van der Waals surface area contributed by atoms with Gasteiger partial charge in [0, 0.05) is 13.5 Å². The van der Waals surface area contributed by atoms with Gasteiger partial charge in [0.2, 0.25) is 0 Å². The van der Waals surface area contributed by atoms with E-state index in [9.17, 15) is 15.3 Å². The molecule has 1 aromatic rings. The van der Waals surface area contributed by atoms with Crippen molar-refractivity contribution in [1.29, 1.82) is 0 Å². The molecule has 0 aromatic heterocycles. The fourth-order valence-electron chi connectivity index (χ4n) is 2.71. The van der Waals surface area contributed by atoms with Crippen LogP contribution in [0.15, 0.2) is 43.0 Å². The van der Waals surface area contributed by atoms with Crippen molar-refractivity contribution in [2.45, 2.75) is 43.2 Å². The van der Waals surface area contributed by atoms with Crippen LogP contribution in [0.4, 0.5) is 0 Å². The summed E-state index contributed by atoms with van der Waals surface area (Å²) in [6.45, 7) is 3.97. The molecule has 0 unspecified atom stereocenters. The lowest BCUT2D eigenvalue weighted by molar-refractivity contribution is -0.336. The molecule has 6 heteroatoms. The summed E-state index contributed by atoms with van der Waals surface area (Å²) in [6, 6.07) is 9.58. The fourth-order valence-corrected chi connectivity index (χ4v) is 2.71. The first-order valence-corrected chi connectivity index (χ1v) is 7.52. The van der Waals surface area contributed by atoms with Gasteiger partial charge in [0.1, 0.15) is 23.9 Å². The van der Waals surface area contributed by atoms with Crippen molar-refractivity contribution in [3.63, 3.8) is 0 Å². The Balaban J connectivity index is 1.97. The molecule has 0 amide bonds. The van der Waals surface area contributed by atoms with Crippen molar-refractivity contribution < 1.29 is 29.5 Å². The van der Waals surface area contributed by atoms with Gasteiger partial charge in [-0.1, -0.05) is 36.4 Å². The highest BCUT2D eigenvalue weighted by Crippen LogP contribution is 2.33. The second kappa shape index (κ2) is 8.01. The van der Waals surface area contributed by atoms with Crippen LogP contribution in [0.1, 0.15) is 12.0 Å². The molecule has 23 heavy (non-hydrogen) atoms. The normalized spacial score (nSPS) is 34.3. The van der Waals surface area contributed by atoms with Crippen LogP contribution in [-0.2, 0) is 20.8 Å². The largest absolute Gasteiger partial charge is 0.387 e. The second-order valence-corrected chi connectivity index (χ2v) is 5.66. The first-order chi connectivity index (χ1) is 11.0. The number of aliphatic hydroxyl groups is 3. The average molecular weight is 324 g/mol. The van der Waals surface area contributed by atoms with Crippen LogP contribution >= 0.6 is 0 Å². The molecule has 3 N–H and O–H groups in total. The Morgan fingerprint density at radius 2 is 2.00 bits per heavy atom. The molecule has 0 saturated carbocycles. The van der Waals surface area contributed by atoms with Crippen LogP contribution < -0.4 is 0 Å². The lowest BCUT2D eigenvalue weighted by Crippen LogP contribution is -2.66. The van der Waals surface area contributed by atoms with Crippen LogP contribution in [0.3, 0.4) is 0 Å². The molecular weight excluding hydrogens is 300 g/mol. The summed E-state index contributed by atoms with van der Waals surface area (Å²) in [5, 5.41) is 31.0. The molecule has 1 aliphatic heterocycles. The van der Waals surface area contributed by atoms with E-state index in [2.05, 4.69) is 6.58 Å². The molecule has 1 aliphatic rings. The van der Waals surface area contributed by atoms with Crippen LogP contribution in [0, 0.1) is 0 Å². The van der Waals surface area contributed by atoms with E-state index in [0.717, 1.165) is 5.56 Å². The molecule has 128 valence electrons. The highest BCUT2D eigenvalue weighted by molar-refractivity contribution is 5.13. The molecule has 5 atom stereocenters. The van der Waals surface area contributed by atoms with E-state index in [4.69, 9.17) is 14.2 Å². The summed E-state index contributed by atoms with van der Waals surface area (Å²) in [4.78, 5) is 0. The standard InChI is InChI=1S/C17H24O6/c1-3-9-17(20)15(19)14(18)13(23-16(17)21-2)11-22-10-12-7-5-4-6-8-12/h3-8,13-16,18-20H,1,9-11H2,2H3/t13-,14-,15+,16+,17+/m1/s1. The molecule has 1 fully saturated rings. The summed E-state index contributed by atoms with van der Waals surface area (Å²) < 4.78 is 16.2. The maximum atomic E-state index is 10.5. The van der Waals surface area contributed by atoms with E-state index < -0.39 is 30.2 Å². The highest BCUT2D eigenvalue weighted by atomic mass is 16.7. The zero-order valence-electron chi connectivity index (χ0n) is 13.2. The van der Waals surface area contributed by atoms with E-state index in [1.807, 2.05) is 30.3 Å². The van der Waals surface area contributed by atoms with Crippen molar-refractivity contribution in [2.75, 3.05) is 13.7 Å². The van der Waals surface area contributed by atoms with Gasteiger partial charge in [-0.2, -0.15) is 0 Å². The smallest absolute Gasteiger partial charge is 0.189 e. The number of rotatable bonds is 7. The Morgan fingerprint density at radius 3 is 2.61 bits per heavy atom. The minimum Gasteiger partial charge on any atom is -0.387 e. The highest BCUT2D eigenvalue weighted by Gasteiger charge is 2.54. The number of hydrogen-bond donors (Lipinski definition) is 3. The molecule has 2 rings (SSSR count). The second-order valence-electron chi connectivity index (χ2n) is 5.66. The van der Waals surface area contributed by atoms with Crippen LogP contribution in [0.25, 0.3) is 0 Å². The van der Waals surface area contributed by atoms with Gasteiger partial charge in [-0.25, -0.2) is 0 Å². The average Bonchev–Trinajstić information content (AvgIpc) is 2.56. The molecule has 0 radical (unpaired) electrons. The van der Waals surface area contributed by atoms with E-state index >= 15 is 0 Å². The number of aliphatic hydroxyl groups excluding tert-OH is 2. The van der Waals surface area contributed by atoms with E-state index in [-0.39, 0.29) is 13.0 Å². The number of hydrogen-bond acceptors (Lipinski definition) is 6. The zero-order chi connectivity index (χ0) is 16.9. The first kappa shape index (κ1) is 18.1. The van der Waals surface area contributed by atoms with Gasteiger partial charge in [-0.05, 0) is 5.56 Å². The monoisotopic (exact) mass is 324 g/mol. The quantitative estimate of drug-likeness (QED) is 0.637. The lowest BCUT2D eigenvalue weighted by Gasteiger charge is -2.47. The SMILES string of the molecule is C=CC[C@@]1(O)[C@@H](OC)O[C@H](COCc2ccccc2)[C@@H](O)[C@@H]1O. The van der Waals surface area contributed by atoms with Gasteiger partial charge in [-0.15, -0.1) is 6.58 Å². The fraction of sp³-hybridized carbons (Fsp3) is 0.529. The third-order valence-corrected chi connectivity index (χ3v) is 4.00. The van der Waals surface area contributed by atoms with Crippen molar-refractivity contribution >= 4 is 0 Å². The van der Waals surface area contributed by atoms with Gasteiger partial charge in [0.15, 0.2) is 6.29 Å². The van der Waals surface area contributed by atoms with Crippen molar-refractivity contribution in [2.24, 2.45) is 0 Å². The number of benzene rings is 1. The van der Waals surface area contributed by atoms with Gasteiger partial charge in [0.05, 0.1) is 13.2 Å². The lowest BCUT2D eigenvalue weighted by atomic mass is 9.84. The van der Waals surface area contributed by atoms with Crippen molar-refractivity contribution in [1.82, 2.24) is 0 Å². The molecule has 1 saturated heterocycles. The molecule has 6 nitrogen and oxygen atoms in total. The topological polar surface area (TPSA) is 88.4 Å². The van der Waals surface area contributed by atoms with Crippen molar-refractivity contribution in [3.05, 3.63) is 48.6 Å². The Morgan fingerprint density at radius 1 is 1.30 bits per heavy atom. The van der Waals surface area contributed by atoms with Gasteiger partial charge in [-0.3, -0.25) is 0 Å². The summed E-state index contributed by atoms with van der Waals surface area (Å²) >= 11 is 0. The van der Waals surface area contributed by atoms with E-state index in [0.29, 0.717) is 6.61 Å². The molecule has 0 spiro atoms. The van der Waals surface area contributed by atoms with Gasteiger partial charge >= 0.3 is 0 Å². The van der Waals surface area contributed by atoms with Gasteiger partial charge < -0.3 is 29.5 Å². The molecule has 0 aliphatic carbocycles. The van der Waals surface area contributed by atoms with E-state index in [1.54, 1.807) is 0 Å². The minimum atomic E-state index is -1.74. The van der Waals surface area contributed by atoms with E-state index in [1.165, 1.54) is 13.2 Å². The van der Waals surface area contributed by atoms with Crippen molar-refractivity contribution in [3.8, 4) is 0 Å². The van der Waals surface area contributed by atoms with Gasteiger partial charge in [0.25, 0.3) is 0 Å². The molecular formula is C17H24O6. The number of methoxy groups -OCH3 is 1. The summed E-state index contributed by atoms with van der Waals surface area (Å²) in [7, 11) is 1.37. The first-order valence-electron chi connectivity index (χ1n) is 7.52. The maximum Gasteiger partial charge on any atom is 0.189 e. The Bertz CT molecular complexity index is 489. The summed E-state index contributed by atoms with van der Waals surface area (Å²) in [5.41, 5.74) is -0.754.